The summed E-state index contributed by atoms with van der Waals surface area (Å²) in [5.74, 6) is 0.540. The number of nitrogens with zero attached hydrogens (tertiary/aromatic N) is 2. The maximum Gasteiger partial charge on any atom is 0.135 e. The van der Waals surface area contributed by atoms with Gasteiger partial charge in [0.2, 0.25) is 0 Å². The summed E-state index contributed by atoms with van der Waals surface area (Å²) in [6.07, 6.45) is 6.29. The first-order chi connectivity index (χ1) is 7.27. The number of nitrogens with two attached hydrogens (primary N) is 1. The van der Waals surface area contributed by atoms with Crippen molar-refractivity contribution in [3.8, 4) is 0 Å². The number of aromatic amines is 1. The molecule has 0 spiro atoms. The molecular formula is C10H12N4O. The van der Waals surface area contributed by atoms with E-state index in [-0.39, 0.29) is 0 Å². The molecule has 2 aromatic rings. The second-order valence-electron chi connectivity index (χ2n) is 3.27. The van der Waals surface area contributed by atoms with E-state index in [2.05, 4.69) is 15.0 Å². The van der Waals surface area contributed by atoms with Crippen molar-refractivity contribution in [3.05, 3.63) is 42.2 Å². The van der Waals surface area contributed by atoms with Crippen LogP contribution in [0.1, 0.15) is 17.5 Å². The van der Waals surface area contributed by atoms with Gasteiger partial charge in [-0.05, 0) is 11.6 Å². The molecule has 2 rings (SSSR count). The Hall–Kier alpha value is -1.88. The number of H-pyrrole nitrogens is 1. The van der Waals surface area contributed by atoms with Crippen molar-refractivity contribution in [2.24, 2.45) is 0 Å². The minimum absolute atomic E-state index is 0.410. The lowest BCUT2D eigenvalue weighted by atomic mass is 10.1. The third-order valence-corrected chi connectivity index (χ3v) is 2.19. The molecule has 4 N–H and O–H groups in total. The normalized spacial score (nSPS) is 12.6. The number of anilines is 1. The molecule has 5 heteroatoms. The van der Waals surface area contributed by atoms with Crippen molar-refractivity contribution in [2.45, 2.75) is 12.5 Å². The number of aliphatic hydroxyl groups excluding tert-OH is 1. The van der Waals surface area contributed by atoms with Crippen molar-refractivity contribution in [1.29, 1.82) is 0 Å². The number of aliphatic hydroxyl groups is 1. The highest BCUT2D eigenvalue weighted by atomic mass is 16.3. The van der Waals surface area contributed by atoms with Crippen molar-refractivity contribution < 1.29 is 5.11 Å². The molecule has 0 amide bonds. The van der Waals surface area contributed by atoms with E-state index in [0.717, 1.165) is 5.56 Å². The second-order valence-corrected chi connectivity index (χ2v) is 3.27. The summed E-state index contributed by atoms with van der Waals surface area (Å²) >= 11 is 0. The van der Waals surface area contributed by atoms with Crippen LogP contribution in [0.3, 0.4) is 0 Å². The molecule has 0 aromatic carbocycles. The van der Waals surface area contributed by atoms with Crippen LogP contribution >= 0.6 is 0 Å². The number of nitrogens with one attached hydrogen (secondary N) is 1. The Morgan fingerprint density at radius 1 is 1.47 bits per heavy atom. The predicted octanol–water partition coefficient (Wildman–Crippen LogP) is 0.663. The number of imidazole rings is 1. The van der Waals surface area contributed by atoms with Gasteiger partial charge in [-0.25, -0.2) is 4.98 Å². The second kappa shape index (κ2) is 4.10. The summed E-state index contributed by atoms with van der Waals surface area (Å²) in [7, 11) is 0. The van der Waals surface area contributed by atoms with Gasteiger partial charge in [-0.1, -0.05) is 0 Å². The summed E-state index contributed by atoms with van der Waals surface area (Å²) in [6, 6.07) is 1.71. The zero-order valence-corrected chi connectivity index (χ0v) is 8.09. The van der Waals surface area contributed by atoms with Crippen LogP contribution in [0.25, 0.3) is 0 Å². The largest absolute Gasteiger partial charge is 0.398 e. The SMILES string of the molecule is Nc1ccncc1CC(O)c1ncc[nH]1. The van der Waals surface area contributed by atoms with Crippen LogP contribution in [0, 0.1) is 0 Å². The monoisotopic (exact) mass is 204 g/mol. The Labute approximate surface area is 87.0 Å². The standard InChI is InChI=1S/C10H12N4O/c11-8-1-2-12-6-7(8)5-9(15)10-13-3-4-14-10/h1-4,6,9,15H,5H2,(H2,11,12)(H,13,14). The van der Waals surface area contributed by atoms with Crippen LogP contribution in [0.2, 0.25) is 0 Å². The highest BCUT2D eigenvalue weighted by molar-refractivity contribution is 5.44. The Kier molecular flexibility index (Phi) is 2.64. The van der Waals surface area contributed by atoms with Crippen LogP contribution in [-0.2, 0) is 6.42 Å². The van der Waals surface area contributed by atoms with Gasteiger partial charge >= 0.3 is 0 Å². The van der Waals surface area contributed by atoms with Crippen LogP contribution in [0.15, 0.2) is 30.9 Å². The molecule has 1 unspecified atom stereocenters. The third-order valence-electron chi connectivity index (χ3n) is 2.19. The first kappa shape index (κ1) is 9.67. The molecule has 2 heterocycles. The average molecular weight is 204 g/mol. The third kappa shape index (κ3) is 2.13. The number of hydrogen-bond donors (Lipinski definition) is 3. The van der Waals surface area contributed by atoms with Crippen molar-refractivity contribution in [3.63, 3.8) is 0 Å². The number of pyridine rings is 1. The molecular weight excluding hydrogens is 192 g/mol. The Bertz CT molecular complexity index is 427. The van der Waals surface area contributed by atoms with Crippen molar-refractivity contribution in [1.82, 2.24) is 15.0 Å². The maximum absolute atomic E-state index is 9.81. The molecule has 78 valence electrons. The fourth-order valence-electron chi connectivity index (χ4n) is 1.37. The molecule has 2 aromatic heterocycles. The zero-order valence-electron chi connectivity index (χ0n) is 8.09. The van der Waals surface area contributed by atoms with Crippen molar-refractivity contribution in [2.75, 3.05) is 5.73 Å². The summed E-state index contributed by atoms with van der Waals surface area (Å²) in [5.41, 5.74) is 7.20. The number of rotatable bonds is 3. The minimum Gasteiger partial charge on any atom is -0.398 e. The van der Waals surface area contributed by atoms with E-state index in [0.29, 0.717) is 17.9 Å². The topological polar surface area (TPSA) is 87.8 Å². The van der Waals surface area contributed by atoms with Crippen molar-refractivity contribution >= 4 is 5.69 Å². The summed E-state index contributed by atoms with van der Waals surface area (Å²) in [6.45, 7) is 0. The molecule has 0 fully saturated rings. The first-order valence-corrected chi connectivity index (χ1v) is 4.63. The summed E-state index contributed by atoms with van der Waals surface area (Å²) in [5, 5.41) is 9.81. The van der Waals surface area contributed by atoms with E-state index in [9.17, 15) is 5.11 Å². The lowest BCUT2D eigenvalue weighted by molar-refractivity contribution is 0.169. The molecule has 0 saturated carbocycles. The summed E-state index contributed by atoms with van der Waals surface area (Å²) < 4.78 is 0. The molecule has 0 bridgehead atoms. The molecule has 0 aliphatic rings. The van der Waals surface area contributed by atoms with Crippen LogP contribution in [0.4, 0.5) is 5.69 Å². The van der Waals surface area contributed by atoms with Crippen LogP contribution < -0.4 is 5.73 Å². The van der Waals surface area contributed by atoms with Gasteiger partial charge in [-0.3, -0.25) is 4.98 Å². The molecule has 15 heavy (non-hydrogen) atoms. The fraction of sp³-hybridized carbons (Fsp3) is 0.200. The molecule has 0 aliphatic heterocycles. The van der Waals surface area contributed by atoms with Gasteiger partial charge in [0.05, 0.1) is 0 Å². The Morgan fingerprint density at radius 2 is 2.33 bits per heavy atom. The van der Waals surface area contributed by atoms with E-state index in [1.54, 1.807) is 30.9 Å². The maximum atomic E-state index is 9.81. The van der Waals surface area contributed by atoms with Gasteiger partial charge in [-0.2, -0.15) is 0 Å². The number of aromatic nitrogens is 3. The smallest absolute Gasteiger partial charge is 0.135 e. The van der Waals surface area contributed by atoms with Gasteiger partial charge in [0.25, 0.3) is 0 Å². The fourth-order valence-corrected chi connectivity index (χ4v) is 1.37. The predicted molar refractivity (Wildman–Crippen MR) is 55.9 cm³/mol. The van der Waals surface area contributed by atoms with Gasteiger partial charge in [0.1, 0.15) is 11.9 Å². The van der Waals surface area contributed by atoms with Gasteiger partial charge in [-0.15, -0.1) is 0 Å². The molecule has 0 aliphatic carbocycles. The van der Waals surface area contributed by atoms with E-state index in [1.807, 2.05) is 0 Å². The molecule has 0 saturated heterocycles. The number of hydrogen-bond acceptors (Lipinski definition) is 4. The lowest BCUT2D eigenvalue weighted by Crippen LogP contribution is -2.06. The Morgan fingerprint density at radius 3 is 3.00 bits per heavy atom. The average Bonchev–Trinajstić information content (AvgIpc) is 2.74. The zero-order chi connectivity index (χ0) is 10.7. The van der Waals surface area contributed by atoms with Gasteiger partial charge < -0.3 is 15.8 Å². The minimum atomic E-state index is -0.675. The Balaban J connectivity index is 2.13. The summed E-state index contributed by atoms with van der Waals surface area (Å²) in [4.78, 5) is 10.8. The van der Waals surface area contributed by atoms with E-state index in [1.165, 1.54) is 0 Å². The van der Waals surface area contributed by atoms with E-state index in [4.69, 9.17) is 5.73 Å². The molecule has 1 atom stereocenters. The lowest BCUT2D eigenvalue weighted by Gasteiger charge is -2.09. The molecule has 0 radical (unpaired) electrons. The van der Waals surface area contributed by atoms with Gasteiger partial charge in [0.15, 0.2) is 0 Å². The van der Waals surface area contributed by atoms with E-state index >= 15 is 0 Å². The highest BCUT2D eigenvalue weighted by Crippen LogP contribution is 2.18. The molecule has 5 nitrogen and oxygen atoms in total. The van der Waals surface area contributed by atoms with E-state index < -0.39 is 6.10 Å². The first-order valence-electron chi connectivity index (χ1n) is 4.63. The van der Waals surface area contributed by atoms with Gasteiger partial charge in [0, 0.05) is 36.9 Å². The number of nitrogen functional groups attached to an aromatic ring is 1. The highest BCUT2D eigenvalue weighted by Gasteiger charge is 2.12. The van der Waals surface area contributed by atoms with Crippen LogP contribution in [0.5, 0.6) is 0 Å². The van der Waals surface area contributed by atoms with Crippen LogP contribution in [-0.4, -0.2) is 20.1 Å². The quantitative estimate of drug-likeness (QED) is 0.685.